The van der Waals surface area contributed by atoms with E-state index >= 15 is 0 Å². The smallest absolute Gasteiger partial charge is 0.220 e. The third-order valence-corrected chi connectivity index (χ3v) is 16.4. The Morgan fingerprint density at radius 3 is 1.10 bits per heavy atom. The predicted molar refractivity (Wildman–Crippen MR) is 300 cm³/mol. The molecule has 3 saturated heterocycles. The van der Waals surface area contributed by atoms with E-state index in [0.29, 0.717) is 12.8 Å². The first-order chi connectivity index (χ1) is 38.3. The molecule has 0 radical (unpaired) electrons. The first-order valence-electron chi connectivity index (χ1n) is 31.8. The van der Waals surface area contributed by atoms with Crippen molar-refractivity contribution in [1.29, 1.82) is 0 Å². The van der Waals surface area contributed by atoms with Crippen LogP contribution in [0.15, 0.2) is 0 Å². The van der Waals surface area contributed by atoms with Crippen molar-refractivity contribution in [2.75, 3.05) is 26.4 Å². The molecule has 0 spiro atoms. The summed E-state index contributed by atoms with van der Waals surface area (Å²) in [5, 5.41) is 120. The lowest BCUT2D eigenvalue weighted by atomic mass is 9.96. The Labute approximate surface area is 474 Å². The second-order valence-corrected chi connectivity index (χ2v) is 23.2. The van der Waals surface area contributed by atoms with Crippen molar-refractivity contribution >= 4 is 5.91 Å². The first-order valence-corrected chi connectivity index (χ1v) is 31.8. The second-order valence-electron chi connectivity index (χ2n) is 23.2. The zero-order chi connectivity index (χ0) is 57.6. The monoisotopic (exact) mass is 1140 g/mol. The van der Waals surface area contributed by atoms with Gasteiger partial charge in [-0.3, -0.25) is 4.79 Å². The average molecular weight is 1140 g/mol. The minimum atomic E-state index is -1.97. The van der Waals surface area contributed by atoms with Crippen LogP contribution in [0.1, 0.15) is 245 Å². The van der Waals surface area contributed by atoms with Crippen LogP contribution in [0, 0.1) is 0 Å². The lowest BCUT2D eigenvalue weighted by molar-refractivity contribution is -0.379. The summed E-state index contributed by atoms with van der Waals surface area (Å²) in [6, 6.07) is -0.880. The highest BCUT2D eigenvalue weighted by atomic mass is 16.8. The van der Waals surface area contributed by atoms with Crippen LogP contribution in [0.3, 0.4) is 0 Å². The van der Waals surface area contributed by atoms with Crippen molar-refractivity contribution in [3.63, 3.8) is 0 Å². The van der Waals surface area contributed by atoms with Crippen molar-refractivity contribution in [2.45, 2.75) is 349 Å². The Bertz CT molecular complexity index is 1450. The van der Waals surface area contributed by atoms with Gasteiger partial charge in [0.25, 0.3) is 0 Å². The Hall–Kier alpha value is -1.21. The van der Waals surface area contributed by atoms with Gasteiger partial charge in [-0.1, -0.05) is 226 Å². The van der Waals surface area contributed by atoms with E-state index in [4.69, 9.17) is 28.4 Å². The third kappa shape index (κ3) is 28.0. The maximum Gasteiger partial charge on any atom is 0.220 e. The van der Waals surface area contributed by atoms with Gasteiger partial charge in [-0.15, -0.1) is 0 Å². The highest BCUT2D eigenvalue weighted by molar-refractivity contribution is 5.76. The van der Waals surface area contributed by atoms with E-state index in [1.54, 1.807) is 0 Å². The van der Waals surface area contributed by atoms with Gasteiger partial charge in [-0.25, -0.2) is 0 Å². The maximum atomic E-state index is 13.4. The lowest BCUT2D eigenvalue weighted by Gasteiger charge is -2.48. The molecule has 468 valence electrons. The van der Waals surface area contributed by atoms with Crippen molar-refractivity contribution in [3.05, 3.63) is 0 Å². The number of hydrogen-bond donors (Lipinski definition) is 12. The number of hydrogen-bond acceptors (Lipinski definition) is 18. The zero-order valence-corrected chi connectivity index (χ0v) is 48.9. The molecule has 17 atom stereocenters. The summed E-state index contributed by atoms with van der Waals surface area (Å²) in [7, 11) is 0. The molecule has 3 fully saturated rings. The number of aliphatic hydroxyl groups is 11. The number of aliphatic hydroxyl groups excluding tert-OH is 11. The molecule has 12 N–H and O–H groups in total. The first kappa shape index (κ1) is 72.1. The molecule has 0 aliphatic carbocycles. The van der Waals surface area contributed by atoms with Crippen LogP contribution in [-0.2, 0) is 33.2 Å². The van der Waals surface area contributed by atoms with Gasteiger partial charge in [-0.2, -0.15) is 0 Å². The van der Waals surface area contributed by atoms with E-state index in [0.717, 1.165) is 44.9 Å². The van der Waals surface area contributed by atoms with Crippen molar-refractivity contribution < 1.29 is 89.4 Å². The number of nitrogens with one attached hydrogen (secondary N) is 1. The van der Waals surface area contributed by atoms with Gasteiger partial charge in [-0.05, 0) is 12.8 Å². The minimum absolute atomic E-state index is 0.238. The molecule has 19 nitrogen and oxygen atoms in total. The molecule has 0 aromatic carbocycles. The second kappa shape index (κ2) is 44.3. The van der Waals surface area contributed by atoms with Gasteiger partial charge in [0.05, 0.1) is 38.6 Å². The molecule has 0 aromatic heterocycles. The maximum absolute atomic E-state index is 13.4. The molecule has 3 aliphatic rings. The Kier molecular flexibility index (Phi) is 40.4. The fourth-order valence-electron chi connectivity index (χ4n) is 11.2. The van der Waals surface area contributed by atoms with Gasteiger partial charge in [0.1, 0.15) is 73.2 Å². The Balaban J connectivity index is 1.46. The van der Waals surface area contributed by atoms with Gasteiger partial charge >= 0.3 is 0 Å². The van der Waals surface area contributed by atoms with E-state index in [-0.39, 0.29) is 18.9 Å². The van der Waals surface area contributed by atoms with Crippen LogP contribution in [0.2, 0.25) is 0 Å². The fraction of sp³-hybridized carbons (Fsp3) is 0.983. The third-order valence-electron chi connectivity index (χ3n) is 16.4. The topological polar surface area (TPSA) is 307 Å². The van der Waals surface area contributed by atoms with Crippen LogP contribution in [0.5, 0.6) is 0 Å². The number of carbonyl (C=O) groups excluding carboxylic acids is 1. The summed E-state index contributed by atoms with van der Waals surface area (Å²) in [4.78, 5) is 13.4. The summed E-state index contributed by atoms with van der Waals surface area (Å²) >= 11 is 0. The summed E-state index contributed by atoms with van der Waals surface area (Å²) in [6.45, 7) is 1.82. The normalized spacial score (nSPS) is 30.2. The molecule has 3 rings (SSSR count). The van der Waals surface area contributed by atoms with Crippen molar-refractivity contribution in [3.8, 4) is 0 Å². The zero-order valence-electron chi connectivity index (χ0n) is 48.9. The van der Waals surface area contributed by atoms with Gasteiger partial charge < -0.3 is 89.9 Å². The minimum Gasteiger partial charge on any atom is -0.394 e. The van der Waals surface area contributed by atoms with Crippen molar-refractivity contribution in [1.82, 2.24) is 5.32 Å². The molecule has 17 unspecified atom stereocenters. The molecule has 0 aromatic rings. The van der Waals surface area contributed by atoms with Crippen LogP contribution >= 0.6 is 0 Å². The molecule has 1 amide bonds. The summed E-state index contributed by atoms with van der Waals surface area (Å²) < 4.78 is 34.3. The van der Waals surface area contributed by atoms with Crippen LogP contribution in [-0.4, -0.2) is 193 Å². The molecule has 79 heavy (non-hydrogen) atoms. The number of rotatable bonds is 48. The quantitative estimate of drug-likeness (QED) is 0.0294. The van der Waals surface area contributed by atoms with E-state index < -0.39 is 124 Å². The van der Waals surface area contributed by atoms with Gasteiger partial charge in [0, 0.05) is 6.42 Å². The van der Waals surface area contributed by atoms with E-state index in [1.165, 1.54) is 167 Å². The fourth-order valence-corrected chi connectivity index (χ4v) is 11.2. The SMILES string of the molecule is CCCCCCCCCCCCCCCCCCCCCCC(=O)NC(COC1OC(CO)C(OC2OC(CO)C(OC3OC(CO)C(O)C(O)C3O)C(O)C2O)C(O)C1O)C(O)CCCCCCCCCCCCCCCC. The highest BCUT2D eigenvalue weighted by Crippen LogP contribution is 2.33. The molecular formula is C60H115NO18. The molecule has 0 bridgehead atoms. The van der Waals surface area contributed by atoms with Crippen LogP contribution in [0.4, 0.5) is 0 Å². The lowest BCUT2D eigenvalue weighted by Crippen LogP contribution is -2.66. The van der Waals surface area contributed by atoms with Crippen LogP contribution in [0.25, 0.3) is 0 Å². The molecule has 3 aliphatic heterocycles. The number of carbonyl (C=O) groups is 1. The van der Waals surface area contributed by atoms with Gasteiger partial charge in [0.2, 0.25) is 5.91 Å². The number of amides is 1. The highest BCUT2D eigenvalue weighted by Gasteiger charge is 2.53. The van der Waals surface area contributed by atoms with Gasteiger partial charge in [0.15, 0.2) is 18.9 Å². The standard InChI is InChI=1S/C60H115NO18/c1-3-5-7-9-11-13-15-17-19-20-21-22-23-24-26-28-30-32-34-36-38-48(66)61-43(44(65)37-35-33-31-29-27-25-18-16-14-12-10-8-6-4-2)42-74-58-54(72)51(69)56(46(40-63)76-58)79-60-55(73)52(70)57(47(41-64)77-60)78-59-53(71)50(68)49(67)45(39-62)75-59/h43-47,49-60,62-65,67-73H,3-42H2,1-2H3,(H,61,66). The summed E-state index contributed by atoms with van der Waals surface area (Å²) in [5.41, 5.74) is 0. The Morgan fingerprint density at radius 1 is 0.405 bits per heavy atom. The van der Waals surface area contributed by atoms with E-state index in [9.17, 15) is 61.0 Å². The number of unbranched alkanes of at least 4 members (excludes halogenated alkanes) is 32. The Morgan fingerprint density at radius 2 is 0.722 bits per heavy atom. The number of ether oxygens (including phenoxy) is 6. The average Bonchev–Trinajstić information content (AvgIpc) is 3.51. The summed E-state index contributed by atoms with van der Waals surface area (Å²) in [6.07, 6.45) is 16.1. The predicted octanol–water partition coefficient (Wildman–Crippen LogP) is 6.38. The molecule has 19 heteroatoms. The molecule has 3 heterocycles. The summed E-state index contributed by atoms with van der Waals surface area (Å²) in [5.74, 6) is -0.238. The van der Waals surface area contributed by atoms with Crippen molar-refractivity contribution in [2.24, 2.45) is 0 Å². The van der Waals surface area contributed by atoms with E-state index in [1.807, 2.05) is 0 Å². The van der Waals surface area contributed by atoms with Crippen LogP contribution < -0.4 is 5.32 Å². The molecular weight excluding hydrogens is 1020 g/mol. The van der Waals surface area contributed by atoms with E-state index in [2.05, 4.69) is 19.2 Å². The molecule has 0 saturated carbocycles. The largest absolute Gasteiger partial charge is 0.394 e.